The zero-order chi connectivity index (χ0) is 33.3. The van der Waals surface area contributed by atoms with Crippen LogP contribution in [0.1, 0.15) is 0 Å². The minimum Gasteiger partial charge on any atom is -0.456 e. The van der Waals surface area contributed by atoms with E-state index in [2.05, 4.69) is 193 Å². The molecule has 0 unspecified atom stereocenters. The van der Waals surface area contributed by atoms with E-state index < -0.39 is 0 Å². The van der Waals surface area contributed by atoms with Crippen molar-refractivity contribution in [3.63, 3.8) is 0 Å². The van der Waals surface area contributed by atoms with Crippen LogP contribution >= 0.6 is 0 Å². The van der Waals surface area contributed by atoms with Gasteiger partial charge in [0, 0.05) is 27.7 Å². The Hall–Kier alpha value is -6.64. The molecule has 1 aromatic heterocycles. The molecule has 0 aliphatic carbocycles. The van der Waals surface area contributed by atoms with Gasteiger partial charge in [0.2, 0.25) is 0 Å². The van der Waals surface area contributed by atoms with Gasteiger partial charge in [-0.15, -0.1) is 0 Å². The summed E-state index contributed by atoms with van der Waals surface area (Å²) < 4.78 is 6.35. The van der Waals surface area contributed by atoms with Crippen molar-refractivity contribution in [2.75, 3.05) is 4.90 Å². The van der Waals surface area contributed by atoms with Crippen molar-refractivity contribution in [2.24, 2.45) is 0 Å². The summed E-state index contributed by atoms with van der Waals surface area (Å²) in [6, 6.07) is 71.1. The molecule has 0 bridgehead atoms. The predicted octanol–water partition coefficient (Wildman–Crippen LogP) is 13.7. The first-order chi connectivity index (χ1) is 24.8. The van der Waals surface area contributed by atoms with Crippen LogP contribution in [0.25, 0.3) is 66.4 Å². The van der Waals surface area contributed by atoms with Gasteiger partial charge in [-0.3, -0.25) is 0 Å². The summed E-state index contributed by atoms with van der Waals surface area (Å²) >= 11 is 0. The van der Waals surface area contributed by atoms with Crippen LogP contribution in [0.3, 0.4) is 0 Å². The number of nitrogens with zero attached hydrogens (tertiary/aromatic N) is 1. The lowest BCUT2D eigenvalue weighted by Gasteiger charge is -2.29. The molecule has 0 saturated heterocycles. The van der Waals surface area contributed by atoms with E-state index in [1.54, 1.807) is 0 Å². The SMILES string of the molecule is c1ccc(-c2ccc(-c3ccc(N(c4ccccc4)c4cc(-c5ccccc5)ccc4-c4cccc5oc6ccccc6c45)cc3)cc2)cc1. The molecule has 0 saturated carbocycles. The molecule has 0 radical (unpaired) electrons. The predicted molar refractivity (Wildman–Crippen MR) is 210 cm³/mol. The highest BCUT2D eigenvalue weighted by atomic mass is 16.3. The Bertz CT molecular complexity index is 2550. The van der Waals surface area contributed by atoms with Crippen molar-refractivity contribution in [3.8, 4) is 44.5 Å². The van der Waals surface area contributed by atoms with Crippen molar-refractivity contribution < 1.29 is 4.42 Å². The first-order valence-corrected chi connectivity index (χ1v) is 17.0. The first-order valence-electron chi connectivity index (χ1n) is 17.0. The third-order valence-electron chi connectivity index (χ3n) is 9.50. The zero-order valence-corrected chi connectivity index (χ0v) is 27.4. The van der Waals surface area contributed by atoms with Crippen LogP contribution in [0.2, 0.25) is 0 Å². The molecule has 0 aliphatic rings. The monoisotopic (exact) mass is 639 g/mol. The molecule has 0 atom stereocenters. The van der Waals surface area contributed by atoms with E-state index in [1.165, 1.54) is 27.8 Å². The van der Waals surface area contributed by atoms with E-state index in [1.807, 2.05) is 12.1 Å². The van der Waals surface area contributed by atoms with E-state index >= 15 is 0 Å². The molecule has 9 rings (SSSR count). The van der Waals surface area contributed by atoms with Crippen molar-refractivity contribution in [1.82, 2.24) is 0 Å². The van der Waals surface area contributed by atoms with E-state index in [9.17, 15) is 0 Å². The first kappa shape index (κ1) is 29.5. The molecule has 1 heterocycles. The minimum absolute atomic E-state index is 0.885. The fraction of sp³-hybridized carbons (Fsp3) is 0. The molecule has 2 nitrogen and oxygen atoms in total. The van der Waals surface area contributed by atoms with Crippen molar-refractivity contribution in [2.45, 2.75) is 0 Å². The Morgan fingerprint density at radius 1 is 0.320 bits per heavy atom. The van der Waals surface area contributed by atoms with Gasteiger partial charge in [-0.1, -0.05) is 158 Å². The molecule has 0 fully saturated rings. The van der Waals surface area contributed by atoms with Gasteiger partial charge in [0.05, 0.1) is 5.69 Å². The smallest absolute Gasteiger partial charge is 0.136 e. The van der Waals surface area contributed by atoms with E-state index in [-0.39, 0.29) is 0 Å². The second-order valence-electron chi connectivity index (χ2n) is 12.5. The normalized spacial score (nSPS) is 11.2. The molecular weight excluding hydrogens is 607 g/mol. The van der Waals surface area contributed by atoms with Crippen LogP contribution in [0.4, 0.5) is 17.1 Å². The van der Waals surface area contributed by atoms with E-state index in [0.29, 0.717) is 0 Å². The second-order valence-corrected chi connectivity index (χ2v) is 12.5. The Morgan fingerprint density at radius 3 is 1.46 bits per heavy atom. The highest BCUT2D eigenvalue weighted by molar-refractivity contribution is 6.14. The van der Waals surface area contributed by atoms with E-state index in [0.717, 1.165) is 55.7 Å². The van der Waals surface area contributed by atoms with Gasteiger partial charge in [-0.2, -0.15) is 0 Å². The van der Waals surface area contributed by atoms with Crippen molar-refractivity contribution in [1.29, 1.82) is 0 Å². The van der Waals surface area contributed by atoms with Crippen LogP contribution in [0, 0.1) is 0 Å². The highest BCUT2D eigenvalue weighted by Crippen LogP contribution is 2.46. The highest BCUT2D eigenvalue weighted by Gasteiger charge is 2.21. The zero-order valence-electron chi connectivity index (χ0n) is 27.4. The lowest BCUT2D eigenvalue weighted by atomic mass is 9.94. The summed E-state index contributed by atoms with van der Waals surface area (Å²) in [6.45, 7) is 0. The van der Waals surface area contributed by atoms with Crippen molar-refractivity contribution >= 4 is 39.0 Å². The van der Waals surface area contributed by atoms with Gasteiger partial charge in [0.1, 0.15) is 11.2 Å². The van der Waals surface area contributed by atoms with Crippen LogP contribution in [-0.2, 0) is 0 Å². The van der Waals surface area contributed by atoms with Gasteiger partial charge >= 0.3 is 0 Å². The Kier molecular flexibility index (Phi) is 7.53. The minimum atomic E-state index is 0.885. The van der Waals surface area contributed by atoms with Gasteiger partial charge in [-0.25, -0.2) is 0 Å². The number of rotatable bonds is 7. The number of fused-ring (bicyclic) bond motifs is 3. The largest absolute Gasteiger partial charge is 0.456 e. The standard InChI is InChI=1S/C48H33NO/c1-4-13-34(14-5-1)36-23-25-37(26-24-36)38-27-30-41(31-28-38)49(40-17-8-3-9-18-40)45-33-39(35-15-6-2-7-16-35)29-32-42(45)43-20-12-22-47-48(43)44-19-10-11-21-46(44)50-47/h1-33H. The second kappa shape index (κ2) is 12.8. The fourth-order valence-corrected chi connectivity index (χ4v) is 7.05. The summed E-state index contributed by atoms with van der Waals surface area (Å²) in [6.07, 6.45) is 0. The molecule has 2 heteroatoms. The number of furan rings is 1. The van der Waals surface area contributed by atoms with Crippen molar-refractivity contribution in [3.05, 3.63) is 200 Å². The Morgan fingerprint density at radius 2 is 0.800 bits per heavy atom. The number of hydrogen-bond acceptors (Lipinski definition) is 2. The number of para-hydroxylation sites is 2. The Labute approximate surface area is 292 Å². The maximum atomic E-state index is 6.35. The maximum Gasteiger partial charge on any atom is 0.136 e. The number of hydrogen-bond donors (Lipinski definition) is 0. The Balaban J connectivity index is 1.21. The topological polar surface area (TPSA) is 16.4 Å². The molecule has 8 aromatic carbocycles. The van der Waals surface area contributed by atoms with Crippen LogP contribution < -0.4 is 4.90 Å². The molecule has 0 amide bonds. The summed E-state index contributed by atoms with van der Waals surface area (Å²) in [7, 11) is 0. The van der Waals surface area contributed by atoms with E-state index in [4.69, 9.17) is 4.42 Å². The lowest BCUT2D eigenvalue weighted by Crippen LogP contribution is -2.11. The lowest BCUT2D eigenvalue weighted by molar-refractivity contribution is 0.669. The van der Waals surface area contributed by atoms with Crippen LogP contribution in [0.5, 0.6) is 0 Å². The third-order valence-corrected chi connectivity index (χ3v) is 9.50. The molecule has 236 valence electrons. The summed E-state index contributed by atoms with van der Waals surface area (Å²) in [5.74, 6) is 0. The average Bonchev–Trinajstić information content (AvgIpc) is 3.59. The molecule has 50 heavy (non-hydrogen) atoms. The third kappa shape index (κ3) is 5.43. The molecule has 0 spiro atoms. The molecule has 9 aromatic rings. The van der Waals surface area contributed by atoms with Gasteiger partial charge in [-0.05, 0) is 81.4 Å². The quantitative estimate of drug-likeness (QED) is 0.173. The molecular formula is C48H33NO. The fourth-order valence-electron chi connectivity index (χ4n) is 7.05. The van der Waals surface area contributed by atoms with Gasteiger partial charge in [0.15, 0.2) is 0 Å². The van der Waals surface area contributed by atoms with Crippen LogP contribution in [-0.4, -0.2) is 0 Å². The van der Waals surface area contributed by atoms with Crippen LogP contribution in [0.15, 0.2) is 205 Å². The summed E-state index contributed by atoms with van der Waals surface area (Å²) in [5, 5.41) is 2.24. The average molecular weight is 640 g/mol. The maximum absolute atomic E-state index is 6.35. The number of benzene rings is 8. The number of anilines is 3. The van der Waals surface area contributed by atoms with Gasteiger partial charge < -0.3 is 9.32 Å². The van der Waals surface area contributed by atoms with Gasteiger partial charge in [0.25, 0.3) is 0 Å². The molecule has 0 N–H and O–H groups in total. The summed E-state index contributed by atoms with van der Waals surface area (Å²) in [4.78, 5) is 2.38. The molecule has 0 aliphatic heterocycles. The summed E-state index contributed by atoms with van der Waals surface area (Å²) in [5.41, 5.74) is 14.4.